The molecule has 1 aromatic heterocycles. The monoisotopic (exact) mass is 538 g/mol. The highest BCUT2D eigenvalue weighted by atomic mass is 16.5. The molecular weight excluding hydrogens is 500 g/mol. The minimum atomic E-state index is -0.121. The van der Waals surface area contributed by atoms with E-state index in [1.54, 1.807) is 13.2 Å². The molecule has 3 aromatic rings. The van der Waals surface area contributed by atoms with E-state index < -0.39 is 0 Å². The molecule has 1 aliphatic heterocycles. The highest BCUT2D eigenvalue weighted by molar-refractivity contribution is 5.99. The average Bonchev–Trinajstić information content (AvgIpc) is 3.00. The van der Waals surface area contributed by atoms with Crippen molar-refractivity contribution in [2.45, 2.75) is 37.8 Å². The van der Waals surface area contributed by atoms with Crippen molar-refractivity contribution < 1.29 is 9.53 Å². The molecule has 0 unspecified atom stereocenters. The van der Waals surface area contributed by atoms with E-state index in [1.807, 2.05) is 42.5 Å². The van der Waals surface area contributed by atoms with Gasteiger partial charge in [-0.05, 0) is 62.4 Å². The standard InChI is InChI=1S/C32H38N6O2/c1-22(20-33)21-34-31-27-19-24(8-7-23(27)9-14-30(31)40-3)28-5-4-6-29(36-28)32(39)35-25-10-12-26(13-11-25)38-17-15-37(2)16-18-38/h4-9,14,19,25-26,34H,1,10-13,15-18,21H2,2-3H3,(H,35,39)/t25-,26+. The van der Waals surface area contributed by atoms with E-state index in [0.717, 1.165) is 79.6 Å². The SMILES string of the molecule is C=C(C#N)CNc1c(OC)ccc2ccc(-c3cccc(C(=O)N[C@H]4CC[C@@H](N5CCN(C)CC5)CC4)n3)cc12. The lowest BCUT2D eigenvalue weighted by Gasteiger charge is -2.41. The number of hydrogen-bond acceptors (Lipinski definition) is 7. The lowest BCUT2D eigenvalue weighted by atomic mass is 9.89. The molecule has 208 valence electrons. The van der Waals surface area contributed by atoms with E-state index in [9.17, 15) is 4.79 Å². The van der Waals surface area contributed by atoms with E-state index >= 15 is 0 Å². The number of amides is 1. The average molecular weight is 539 g/mol. The Labute approximate surface area is 236 Å². The molecule has 1 amide bonds. The van der Waals surface area contributed by atoms with Crippen molar-refractivity contribution >= 4 is 22.4 Å². The molecule has 2 N–H and O–H groups in total. The Morgan fingerprint density at radius 2 is 1.85 bits per heavy atom. The first-order valence-corrected chi connectivity index (χ1v) is 14.1. The Kier molecular flexibility index (Phi) is 8.63. The molecule has 0 spiro atoms. The van der Waals surface area contributed by atoms with Crippen LogP contribution in [0.25, 0.3) is 22.0 Å². The summed E-state index contributed by atoms with van der Waals surface area (Å²) >= 11 is 0. The highest BCUT2D eigenvalue weighted by Crippen LogP contribution is 2.35. The molecule has 0 bridgehead atoms. The molecule has 2 aromatic carbocycles. The largest absolute Gasteiger partial charge is 0.495 e. The summed E-state index contributed by atoms with van der Waals surface area (Å²) in [4.78, 5) is 22.9. The first-order valence-electron chi connectivity index (χ1n) is 14.1. The van der Waals surface area contributed by atoms with Gasteiger partial charge < -0.3 is 20.3 Å². The van der Waals surface area contributed by atoms with E-state index in [1.165, 1.54) is 0 Å². The summed E-state index contributed by atoms with van der Waals surface area (Å²) in [7, 11) is 3.81. The second-order valence-electron chi connectivity index (χ2n) is 10.9. The van der Waals surface area contributed by atoms with Gasteiger partial charge in [0.05, 0.1) is 24.6 Å². The van der Waals surface area contributed by atoms with Crippen molar-refractivity contribution in [2.75, 3.05) is 52.2 Å². The van der Waals surface area contributed by atoms with Gasteiger partial charge in [0, 0.05) is 61.3 Å². The summed E-state index contributed by atoms with van der Waals surface area (Å²) in [5.74, 6) is 0.559. The quantitative estimate of drug-likeness (QED) is 0.402. The van der Waals surface area contributed by atoms with Crippen LogP contribution >= 0.6 is 0 Å². The minimum absolute atomic E-state index is 0.121. The number of carbonyl (C=O) groups excluding carboxylic acids is 1. The number of nitriles is 1. The molecule has 0 radical (unpaired) electrons. The molecule has 2 fully saturated rings. The third kappa shape index (κ3) is 6.27. The number of aromatic nitrogens is 1. The van der Waals surface area contributed by atoms with Gasteiger partial charge in [-0.3, -0.25) is 9.69 Å². The Balaban J connectivity index is 1.28. The van der Waals surface area contributed by atoms with Crippen molar-refractivity contribution in [3.63, 3.8) is 0 Å². The maximum atomic E-state index is 13.2. The summed E-state index contributed by atoms with van der Waals surface area (Å²) < 4.78 is 5.58. The van der Waals surface area contributed by atoms with Crippen LogP contribution < -0.4 is 15.4 Å². The van der Waals surface area contributed by atoms with Crippen LogP contribution in [0.15, 0.2) is 60.7 Å². The van der Waals surface area contributed by atoms with Crippen LogP contribution in [0.1, 0.15) is 36.2 Å². The number of fused-ring (bicyclic) bond motifs is 1. The van der Waals surface area contributed by atoms with Crippen LogP contribution in [0.5, 0.6) is 5.75 Å². The first kappa shape index (κ1) is 27.6. The summed E-state index contributed by atoms with van der Waals surface area (Å²) in [5, 5.41) is 17.6. The number of methoxy groups -OCH3 is 1. The van der Waals surface area contributed by atoms with Gasteiger partial charge in [-0.2, -0.15) is 5.26 Å². The van der Waals surface area contributed by atoms with Gasteiger partial charge >= 0.3 is 0 Å². The summed E-state index contributed by atoms with van der Waals surface area (Å²) in [6.07, 6.45) is 4.26. The molecular formula is C32H38N6O2. The Bertz CT molecular complexity index is 1410. The summed E-state index contributed by atoms with van der Waals surface area (Å²) in [6.45, 7) is 8.65. The van der Waals surface area contributed by atoms with Crippen LogP contribution in [0.2, 0.25) is 0 Å². The summed E-state index contributed by atoms with van der Waals surface area (Å²) in [6, 6.07) is 18.5. The van der Waals surface area contributed by atoms with Gasteiger partial charge in [-0.1, -0.05) is 30.8 Å². The lowest BCUT2D eigenvalue weighted by molar-refractivity contribution is 0.0788. The van der Waals surface area contributed by atoms with Crippen LogP contribution in [0.3, 0.4) is 0 Å². The second-order valence-corrected chi connectivity index (χ2v) is 10.9. The predicted molar refractivity (Wildman–Crippen MR) is 160 cm³/mol. The summed E-state index contributed by atoms with van der Waals surface area (Å²) in [5.41, 5.74) is 3.27. The van der Waals surface area contributed by atoms with Gasteiger partial charge in [-0.25, -0.2) is 4.98 Å². The Morgan fingerprint density at radius 3 is 2.58 bits per heavy atom. The highest BCUT2D eigenvalue weighted by Gasteiger charge is 2.28. The van der Waals surface area contributed by atoms with Gasteiger partial charge in [0.25, 0.3) is 5.91 Å². The van der Waals surface area contributed by atoms with Crippen molar-refractivity contribution in [3.8, 4) is 23.1 Å². The molecule has 5 rings (SSSR count). The first-order chi connectivity index (χ1) is 19.4. The van der Waals surface area contributed by atoms with Gasteiger partial charge in [0.15, 0.2) is 0 Å². The normalized spacial score (nSPS) is 20.0. The van der Waals surface area contributed by atoms with Crippen LogP contribution in [-0.2, 0) is 0 Å². The molecule has 0 atom stereocenters. The van der Waals surface area contributed by atoms with Crippen molar-refractivity contribution in [3.05, 3.63) is 66.4 Å². The number of nitrogens with zero attached hydrogens (tertiary/aromatic N) is 4. The Hall–Kier alpha value is -3.93. The number of hydrogen-bond donors (Lipinski definition) is 2. The van der Waals surface area contributed by atoms with Gasteiger partial charge in [0.2, 0.25) is 0 Å². The number of anilines is 1. The molecule has 8 nitrogen and oxygen atoms in total. The zero-order valence-corrected chi connectivity index (χ0v) is 23.4. The zero-order chi connectivity index (χ0) is 28.1. The van der Waals surface area contributed by atoms with Gasteiger partial charge in [-0.15, -0.1) is 0 Å². The maximum absolute atomic E-state index is 13.2. The number of pyridine rings is 1. The smallest absolute Gasteiger partial charge is 0.270 e. The molecule has 40 heavy (non-hydrogen) atoms. The Morgan fingerprint density at radius 1 is 1.10 bits per heavy atom. The van der Waals surface area contributed by atoms with Gasteiger partial charge in [0.1, 0.15) is 11.4 Å². The number of carbonyl (C=O) groups is 1. The number of piperazine rings is 1. The number of benzene rings is 2. The number of nitrogens with one attached hydrogen (secondary N) is 2. The second kappa shape index (κ2) is 12.5. The van der Waals surface area contributed by atoms with Crippen molar-refractivity contribution in [1.29, 1.82) is 5.26 Å². The van der Waals surface area contributed by atoms with E-state index in [-0.39, 0.29) is 11.9 Å². The van der Waals surface area contributed by atoms with Crippen molar-refractivity contribution in [1.82, 2.24) is 20.1 Å². The molecule has 2 aliphatic rings. The van der Waals surface area contributed by atoms with E-state index in [4.69, 9.17) is 15.0 Å². The molecule has 2 heterocycles. The molecule has 1 saturated heterocycles. The third-order valence-electron chi connectivity index (χ3n) is 8.20. The fraction of sp³-hybridized carbons (Fsp3) is 0.406. The van der Waals surface area contributed by atoms with Crippen LogP contribution in [0, 0.1) is 11.3 Å². The maximum Gasteiger partial charge on any atom is 0.270 e. The number of likely N-dealkylation sites (N-methyl/N-ethyl adjacent to an activating group) is 1. The molecule has 8 heteroatoms. The predicted octanol–water partition coefficient (Wildman–Crippen LogP) is 4.69. The van der Waals surface area contributed by atoms with E-state index in [0.29, 0.717) is 29.6 Å². The van der Waals surface area contributed by atoms with Crippen molar-refractivity contribution in [2.24, 2.45) is 0 Å². The van der Waals surface area contributed by atoms with Crippen LogP contribution in [0.4, 0.5) is 5.69 Å². The number of rotatable bonds is 8. The van der Waals surface area contributed by atoms with Crippen LogP contribution in [-0.4, -0.2) is 79.7 Å². The minimum Gasteiger partial charge on any atom is -0.495 e. The fourth-order valence-corrected chi connectivity index (χ4v) is 5.80. The fourth-order valence-electron chi connectivity index (χ4n) is 5.80. The molecule has 1 saturated carbocycles. The van der Waals surface area contributed by atoms with E-state index in [2.05, 4.69) is 40.1 Å². The lowest BCUT2D eigenvalue weighted by Crippen LogP contribution is -2.51. The topological polar surface area (TPSA) is 93.5 Å². The third-order valence-corrected chi connectivity index (χ3v) is 8.20. The number of ether oxygens (including phenoxy) is 1. The molecule has 1 aliphatic carbocycles. The zero-order valence-electron chi connectivity index (χ0n) is 23.4.